The van der Waals surface area contributed by atoms with Gasteiger partial charge < -0.3 is 15.0 Å². The molecule has 104 valence electrons. The first kappa shape index (κ1) is 13.8. The van der Waals surface area contributed by atoms with Gasteiger partial charge in [0.2, 0.25) is 5.91 Å². The maximum absolute atomic E-state index is 11.8. The Hall–Kier alpha value is -0.650. The highest BCUT2D eigenvalue weighted by atomic mass is 16.5. The lowest BCUT2D eigenvalue weighted by Crippen LogP contribution is -2.51. The number of amides is 1. The zero-order valence-electron chi connectivity index (χ0n) is 11.7. The first-order chi connectivity index (χ1) is 8.58. The number of hydrogen-bond donors (Lipinski definition) is 1. The minimum atomic E-state index is -0.00646. The highest BCUT2D eigenvalue weighted by molar-refractivity contribution is 5.83. The lowest BCUT2D eigenvalue weighted by atomic mass is 10.2. The second-order valence-electron chi connectivity index (χ2n) is 5.59. The van der Waals surface area contributed by atoms with Crippen LogP contribution in [0.5, 0.6) is 0 Å². The predicted octanol–water partition coefficient (Wildman–Crippen LogP) is -0.0841. The van der Waals surface area contributed by atoms with Crippen molar-refractivity contribution in [1.29, 1.82) is 0 Å². The summed E-state index contributed by atoms with van der Waals surface area (Å²) in [4.78, 5) is 16.0. The normalized spacial score (nSPS) is 30.4. The van der Waals surface area contributed by atoms with Gasteiger partial charge in [-0.25, -0.2) is 0 Å². The number of nitrogens with one attached hydrogen (secondary N) is 1. The van der Waals surface area contributed by atoms with Gasteiger partial charge in [-0.15, -0.1) is 0 Å². The molecule has 0 saturated carbocycles. The standard InChI is InChI=1S/C13H25N3O2/c1-10(2)16-6-7-18-11(9-16)8-14-12-4-5-15(3)13(12)17/h10-12,14H,4-9H2,1-3H3. The summed E-state index contributed by atoms with van der Waals surface area (Å²) in [5.41, 5.74) is 0. The summed E-state index contributed by atoms with van der Waals surface area (Å²) in [6.07, 6.45) is 1.12. The van der Waals surface area contributed by atoms with Crippen LogP contribution in [0.4, 0.5) is 0 Å². The SMILES string of the molecule is CC(C)N1CCOC(CNC2CCN(C)C2=O)C1. The quantitative estimate of drug-likeness (QED) is 0.763. The highest BCUT2D eigenvalue weighted by Crippen LogP contribution is 2.11. The minimum absolute atomic E-state index is 0.00646. The van der Waals surface area contributed by atoms with Crippen molar-refractivity contribution < 1.29 is 9.53 Å². The van der Waals surface area contributed by atoms with E-state index in [1.54, 1.807) is 4.90 Å². The van der Waals surface area contributed by atoms with Crippen LogP contribution in [0.15, 0.2) is 0 Å². The maximum atomic E-state index is 11.8. The average Bonchev–Trinajstić information content (AvgIpc) is 2.68. The smallest absolute Gasteiger partial charge is 0.239 e. The summed E-state index contributed by atoms with van der Waals surface area (Å²) in [6, 6.07) is 0.559. The monoisotopic (exact) mass is 255 g/mol. The van der Waals surface area contributed by atoms with Crippen LogP contribution in [-0.4, -0.2) is 73.7 Å². The molecule has 5 nitrogen and oxygen atoms in total. The van der Waals surface area contributed by atoms with Gasteiger partial charge in [0, 0.05) is 39.3 Å². The molecule has 1 N–H and O–H groups in total. The molecule has 2 unspecified atom stereocenters. The molecule has 2 aliphatic heterocycles. The van der Waals surface area contributed by atoms with E-state index >= 15 is 0 Å². The van der Waals surface area contributed by atoms with Crippen molar-refractivity contribution in [3.8, 4) is 0 Å². The van der Waals surface area contributed by atoms with Gasteiger partial charge in [0.1, 0.15) is 0 Å². The van der Waals surface area contributed by atoms with Crippen LogP contribution in [0, 0.1) is 0 Å². The van der Waals surface area contributed by atoms with Crippen LogP contribution in [0.25, 0.3) is 0 Å². The van der Waals surface area contributed by atoms with Gasteiger partial charge in [-0.05, 0) is 20.3 Å². The summed E-state index contributed by atoms with van der Waals surface area (Å²) < 4.78 is 5.75. The molecule has 2 atom stereocenters. The lowest BCUT2D eigenvalue weighted by molar-refractivity contribution is -0.128. The summed E-state index contributed by atoms with van der Waals surface area (Å²) in [5.74, 6) is 0.214. The molecule has 0 bridgehead atoms. The Morgan fingerprint density at radius 1 is 1.44 bits per heavy atom. The topological polar surface area (TPSA) is 44.8 Å². The van der Waals surface area contributed by atoms with E-state index in [1.807, 2.05) is 7.05 Å². The Morgan fingerprint density at radius 3 is 2.83 bits per heavy atom. The maximum Gasteiger partial charge on any atom is 0.239 e. The molecular weight excluding hydrogens is 230 g/mol. The molecule has 2 saturated heterocycles. The second kappa shape index (κ2) is 5.99. The zero-order chi connectivity index (χ0) is 13.1. The highest BCUT2D eigenvalue weighted by Gasteiger charge is 2.30. The first-order valence-electron chi connectivity index (χ1n) is 6.92. The van der Waals surface area contributed by atoms with Crippen molar-refractivity contribution in [3.63, 3.8) is 0 Å². The van der Waals surface area contributed by atoms with Crippen LogP contribution in [-0.2, 0) is 9.53 Å². The van der Waals surface area contributed by atoms with Crippen molar-refractivity contribution in [2.45, 2.75) is 38.5 Å². The summed E-state index contributed by atoms with van der Waals surface area (Å²) in [7, 11) is 1.86. The number of nitrogens with zero attached hydrogens (tertiary/aromatic N) is 2. The van der Waals surface area contributed by atoms with E-state index < -0.39 is 0 Å². The number of morpholine rings is 1. The second-order valence-corrected chi connectivity index (χ2v) is 5.59. The van der Waals surface area contributed by atoms with Gasteiger partial charge in [0.05, 0.1) is 18.8 Å². The molecular formula is C13H25N3O2. The molecule has 18 heavy (non-hydrogen) atoms. The third-order valence-electron chi connectivity index (χ3n) is 3.92. The van der Waals surface area contributed by atoms with E-state index in [0.29, 0.717) is 6.04 Å². The van der Waals surface area contributed by atoms with Crippen LogP contribution in [0.2, 0.25) is 0 Å². The Morgan fingerprint density at radius 2 is 2.22 bits per heavy atom. The minimum Gasteiger partial charge on any atom is -0.374 e. The fourth-order valence-electron chi connectivity index (χ4n) is 2.62. The van der Waals surface area contributed by atoms with Gasteiger partial charge in [0.15, 0.2) is 0 Å². The van der Waals surface area contributed by atoms with Crippen molar-refractivity contribution in [2.24, 2.45) is 0 Å². The number of carbonyl (C=O) groups excluding carboxylic acids is 1. The molecule has 2 aliphatic rings. The van der Waals surface area contributed by atoms with E-state index in [1.165, 1.54) is 0 Å². The van der Waals surface area contributed by atoms with E-state index in [4.69, 9.17) is 4.74 Å². The van der Waals surface area contributed by atoms with E-state index in [-0.39, 0.29) is 18.1 Å². The number of carbonyl (C=O) groups is 1. The van der Waals surface area contributed by atoms with Crippen LogP contribution in [0.3, 0.4) is 0 Å². The molecule has 2 fully saturated rings. The van der Waals surface area contributed by atoms with Crippen LogP contribution in [0.1, 0.15) is 20.3 Å². The van der Waals surface area contributed by atoms with Crippen molar-refractivity contribution in [1.82, 2.24) is 15.1 Å². The van der Waals surface area contributed by atoms with Gasteiger partial charge in [0.25, 0.3) is 0 Å². The third-order valence-corrected chi connectivity index (χ3v) is 3.92. The molecule has 1 amide bonds. The van der Waals surface area contributed by atoms with E-state index in [0.717, 1.165) is 39.2 Å². The summed E-state index contributed by atoms with van der Waals surface area (Å²) >= 11 is 0. The first-order valence-corrected chi connectivity index (χ1v) is 6.92. The molecule has 0 aromatic rings. The number of hydrogen-bond acceptors (Lipinski definition) is 4. The number of ether oxygens (including phenoxy) is 1. The summed E-state index contributed by atoms with van der Waals surface area (Å²) in [6.45, 7) is 8.83. The molecule has 0 aromatic carbocycles. The molecule has 0 aromatic heterocycles. The predicted molar refractivity (Wildman–Crippen MR) is 70.5 cm³/mol. The fourth-order valence-corrected chi connectivity index (χ4v) is 2.62. The largest absolute Gasteiger partial charge is 0.374 e. The third kappa shape index (κ3) is 3.22. The van der Waals surface area contributed by atoms with Crippen molar-refractivity contribution >= 4 is 5.91 Å². The van der Waals surface area contributed by atoms with Crippen LogP contribution >= 0.6 is 0 Å². The fraction of sp³-hybridized carbons (Fsp3) is 0.923. The Kier molecular flexibility index (Phi) is 4.59. The van der Waals surface area contributed by atoms with Crippen molar-refractivity contribution in [3.05, 3.63) is 0 Å². The Bertz CT molecular complexity index is 296. The summed E-state index contributed by atoms with van der Waals surface area (Å²) in [5, 5.41) is 3.35. The number of rotatable bonds is 4. The molecule has 5 heteroatoms. The van der Waals surface area contributed by atoms with Gasteiger partial charge in [-0.2, -0.15) is 0 Å². The molecule has 0 spiro atoms. The lowest BCUT2D eigenvalue weighted by Gasteiger charge is -2.35. The molecule has 2 heterocycles. The van der Waals surface area contributed by atoms with Gasteiger partial charge >= 0.3 is 0 Å². The van der Waals surface area contributed by atoms with Crippen LogP contribution < -0.4 is 5.32 Å². The Balaban J connectivity index is 1.75. The molecule has 0 aliphatic carbocycles. The average molecular weight is 255 g/mol. The zero-order valence-corrected chi connectivity index (χ0v) is 11.7. The molecule has 0 radical (unpaired) electrons. The van der Waals surface area contributed by atoms with Crippen molar-refractivity contribution in [2.75, 3.05) is 39.8 Å². The van der Waals surface area contributed by atoms with E-state index in [9.17, 15) is 4.79 Å². The van der Waals surface area contributed by atoms with Gasteiger partial charge in [-0.3, -0.25) is 9.69 Å². The van der Waals surface area contributed by atoms with Gasteiger partial charge in [-0.1, -0.05) is 0 Å². The number of likely N-dealkylation sites (tertiary alicyclic amines) is 1. The number of likely N-dealkylation sites (N-methyl/N-ethyl adjacent to an activating group) is 1. The van der Waals surface area contributed by atoms with E-state index in [2.05, 4.69) is 24.1 Å². The molecule has 2 rings (SSSR count). The Labute approximate surface area is 109 Å².